The Morgan fingerprint density at radius 1 is 1.00 bits per heavy atom. The van der Waals surface area contributed by atoms with Gasteiger partial charge in [0.1, 0.15) is 0 Å². The lowest BCUT2D eigenvalue weighted by atomic mass is 9.61. The molecule has 88 valence electrons. The van der Waals surface area contributed by atoms with Gasteiger partial charge in [0.15, 0.2) is 0 Å². The fraction of sp³-hybridized carbons (Fsp3) is 1.00. The van der Waals surface area contributed by atoms with Gasteiger partial charge < -0.3 is 15.6 Å². The highest BCUT2D eigenvalue weighted by atomic mass is 16.5. The molecule has 1 aliphatic heterocycles. The van der Waals surface area contributed by atoms with Crippen LogP contribution in [0.3, 0.4) is 0 Å². The monoisotopic (exact) mass is 213 g/mol. The van der Waals surface area contributed by atoms with Crippen LogP contribution in [0.15, 0.2) is 0 Å². The van der Waals surface area contributed by atoms with Crippen molar-refractivity contribution in [3.8, 4) is 0 Å². The number of hydrogen-bond donors (Lipinski definition) is 2. The second kappa shape index (κ2) is 4.40. The van der Waals surface area contributed by atoms with Gasteiger partial charge in [-0.25, -0.2) is 0 Å². The number of ether oxygens (including phenoxy) is 1. The van der Waals surface area contributed by atoms with Gasteiger partial charge >= 0.3 is 0 Å². The van der Waals surface area contributed by atoms with Gasteiger partial charge in [-0.05, 0) is 25.7 Å². The van der Waals surface area contributed by atoms with Gasteiger partial charge in [0.05, 0.1) is 5.60 Å². The first kappa shape index (κ1) is 11.4. The molecular formula is C12H23NO2. The van der Waals surface area contributed by atoms with Gasteiger partial charge in [-0.15, -0.1) is 0 Å². The van der Waals surface area contributed by atoms with E-state index in [1.54, 1.807) is 0 Å². The second-order valence-electron chi connectivity index (χ2n) is 5.19. The van der Waals surface area contributed by atoms with Crippen molar-refractivity contribution in [2.45, 2.75) is 50.5 Å². The van der Waals surface area contributed by atoms with Gasteiger partial charge in [0.25, 0.3) is 0 Å². The van der Waals surface area contributed by atoms with Crippen molar-refractivity contribution in [2.75, 3.05) is 19.8 Å². The van der Waals surface area contributed by atoms with Crippen molar-refractivity contribution < 1.29 is 9.84 Å². The van der Waals surface area contributed by atoms with Crippen molar-refractivity contribution in [1.29, 1.82) is 0 Å². The summed E-state index contributed by atoms with van der Waals surface area (Å²) in [4.78, 5) is 0. The number of rotatable bonds is 2. The van der Waals surface area contributed by atoms with Crippen molar-refractivity contribution in [3.63, 3.8) is 0 Å². The third-order valence-electron chi connectivity index (χ3n) is 4.51. The topological polar surface area (TPSA) is 55.5 Å². The predicted molar refractivity (Wildman–Crippen MR) is 59.6 cm³/mol. The molecule has 3 heteroatoms. The van der Waals surface area contributed by atoms with Crippen LogP contribution in [-0.4, -0.2) is 30.5 Å². The molecule has 2 fully saturated rings. The Bertz CT molecular complexity index is 206. The van der Waals surface area contributed by atoms with E-state index in [4.69, 9.17) is 10.5 Å². The summed E-state index contributed by atoms with van der Waals surface area (Å²) in [5.41, 5.74) is 5.36. The van der Waals surface area contributed by atoms with Crippen LogP contribution in [0, 0.1) is 5.41 Å². The molecule has 3 N–H and O–H groups in total. The summed E-state index contributed by atoms with van der Waals surface area (Å²) in [7, 11) is 0. The zero-order valence-corrected chi connectivity index (χ0v) is 9.50. The highest BCUT2D eigenvalue weighted by Crippen LogP contribution is 2.47. The maximum Gasteiger partial charge on any atom is 0.0717 e. The van der Waals surface area contributed by atoms with Crippen LogP contribution < -0.4 is 5.73 Å². The summed E-state index contributed by atoms with van der Waals surface area (Å²) in [6.45, 7) is 2.13. The third-order valence-corrected chi connectivity index (χ3v) is 4.51. The molecule has 1 saturated carbocycles. The molecule has 0 unspecified atom stereocenters. The molecule has 3 nitrogen and oxygen atoms in total. The van der Waals surface area contributed by atoms with Crippen molar-refractivity contribution in [1.82, 2.24) is 0 Å². The van der Waals surface area contributed by atoms with E-state index in [9.17, 15) is 5.11 Å². The van der Waals surface area contributed by atoms with E-state index in [0.29, 0.717) is 6.54 Å². The zero-order chi connectivity index (χ0) is 10.8. The predicted octanol–water partition coefficient (Wildman–Crippen LogP) is 1.44. The molecule has 0 aromatic rings. The van der Waals surface area contributed by atoms with E-state index in [0.717, 1.165) is 51.7 Å². The molecule has 0 radical (unpaired) electrons. The average molecular weight is 213 g/mol. The van der Waals surface area contributed by atoms with Crippen molar-refractivity contribution in [2.24, 2.45) is 11.1 Å². The molecule has 1 aliphatic carbocycles. The molecule has 0 amide bonds. The molecule has 2 aliphatic rings. The van der Waals surface area contributed by atoms with Gasteiger partial charge in [-0.1, -0.05) is 19.3 Å². The fourth-order valence-corrected chi connectivity index (χ4v) is 3.29. The summed E-state index contributed by atoms with van der Waals surface area (Å²) < 4.78 is 5.40. The molecule has 0 spiro atoms. The number of aliphatic hydroxyl groups is 1. The lowest BCUT2D eigenvalue weighted by Crippen LogP contribution is -2.56. The van der Waals surface area contributed by atoms with E-state index < -0.39 is 5.60 Å². The van der Waals surface area contributed by atoms with Crippen LogP contribution in [0.25, 0.3) is 0 Å². The van der Waals surface area contributed by atoms with Crippen molar-refractivity contribution >= 4 is 0 Å². The minimum atomic E-state index is -0.510. The van der Waals surface area contributed by atoms with Crippen LogP contribution in [0.1, 0.15) is 44.9 Å². The second-order valence-corrected chi connectivity index (χ2v) is 5.19. The van der Waals surface area contributed by atoms with Crippen LogP contribution in [0.5, 0.6) is 0 Å². The SMILES string of the molecule is NCC1(C2(O)CCCCC2)CCOCC1. The summed E-state index contributed by atoms with van der Waals surface area (Å²) >= 11 is 0. The van der Waals surface area contributed by atoms with Crippen LogP contribution in [-0.2, 0) is 4.74 Å². The fourth-order valence-electron chi connectivity index (χ4n) is 3.29. The van der Waals surface area contributed by atoms with Crippen LogP contribution >= 0.6 is 0 Å². The van der Waals surface area contributed by atoms with Gasteiger partial charge in [0.2, 0.25) is 0 Å². The molecule has 2 rings (SSSR count). The standard InChI is InChI=1S/C12H23NO2/c13-10-11(6-8-15-9-7-11)12(14)4-2-1-3-5-12/h14H,1-10,13H2. The Balaban J connectivity index is 2.15. The molecule has 0 atom stereocenters. The largest absolute Gasteiger partial charge is 0.389 e. The first-order valence-electron chi connectivity index (χ1n) is 6.23. The summed E-state index contributed by atoms with van der Waals surface area (Å²) in [6.07, 6.45) is 7.30. The lowest BCUT2D eigenvalue weighted by molar-refractivity contribution is -0.145. The minimum Gasteiger partial charge on any atom is -0.389 e. The maximum absolute atomic E-state index is 10.8. The van der Waals surface area contributed by atoms with Crippen molar-refractivity contribution in [3.05, 3.63) is 0 Å². The zero-order valence-electron chi connectivity index (χ0n) is 9.50. The maximum atomic E-state index is 10.8. The number of hydrogen-bond acceptors (Lipinski definition) is 3. The van der Waals surface area contributed by atoms with E-state index in [1.807, 2.05) is 0 Å². The highest BCUT2D eigenvalue weighted by Gasteiger charge is 2.49. The van der Waals surface area contributed by atoms with E-state index in [1.165, 1.54) is 6.42 Å². The normalized spacial score (nSPS) is 30.0. The summed E-state index contributed by atoms with van der Waals surface area (Å²) in [5.74, 6) is 0. The lowest BCUT2D eigenvalue weighted by Gasteiger charge is -2.51. The smallest absolute Gasteiger partial charge is 0.0717 e. The quantitative estimate of drug-likeness (QED) is 0.729. The Hall–Kier alpha value is -0.120. The third kappa shape index (κ3) is 1.93. The Kier molecular flexibility index (Phi) is 3.33. The number of nitrogens with two attached hydrogens (primary N) is 1. The molecule has 0 aromatic carbocycles. The van der Waals surface area contributed by atoms with Crippen LogP contribution in [0.2, 0.25) is 0 Å². The Labute approximate surface area is 92.0 Å². The Morgan fingerprint density at radius 3 is 2.13 bits per heavy atom. The summed E-state index contributed by atoms with van der Waals surface area (Å²) in [5, 5.41) is 10.8. The minimum absolute atomic E-state index is 0.0638. The first-order chi connectivity index (χ1) is 7.22. The highest BCUT2D eigenvalue weighted by molar-refractivity contribution is 5.01. The molecule has 0 aromatic heterocycles. The molecule has 0 bridgehead atoms. The molecular weight excluding hydrogens is 190 g/mol. The van der Waals surface area contributed by atoms with Crippen LogP contribution in [0.4, 0.5) is 0 Å². The van der Waals surface area contributed by atoms with Gasteiger partial charge in [-0.2, -0.15) is 0 Å². The molecule has 1 saturated heterocycles. The first-order valence-corrected chi connectivity index (χ1v) is 6.23. The Morgan fingerprint density at radius 2 is 1.60 bits per heavy atom. The average Bonchev–Trinajstić information content (AvgIpc) is 2.31. The van der Waals surface area contributed by atoms with Gasteiger partial charge in [0, 0.05) is 25.2 Å². The summed E-state index contributed by atoms with van der Waals surface area (Å²) in [6, 6.07) is 0. The van der Waals surface area contributed by atoms with E-state index >= 15 is 0 Å². The van der Waals surface area contributed by atoms with Gasteiger partial charge in [-0.3, -0.25) is 0 Å². The molecule has 15 heavy (non-hydrogen) atoms. The van der Waals surface area contributed by atoms with E-state index in [2.05, 4.69) is 0 Å². The molecule has 1 heterocycles. The van der Waals surface area contributed by atoms with E-state index in [-0.39, 0.29) is 5.41 Å².